The molecule has 0 amide bonds. The van der Waals surface area contributed by atoms with Gasteiger partial charge < -0.3 is 5.32 Å². The first-order chi connectivity index (χ1) is 8.70. The zero-order valence-electron chi connectivity index (χ0n) is 10.5. The second-order valence-corrected chi connectivity index (χ2v) is 4.97. The molecule has 0 heterocycles. The van der Waals surface area contributed by atoms with E-state index in [9.17, 15) is 4.39 Å². The summed E-state index contributed by atoms with van der Waals surface area (Å²) in [6.45, 7) is 2.64. The SMILES string of the molecule is CSc1ccccc1NCc1ccc(F)cc1C. The average molecular weight is 261 g/mol. The predicted octanol–water partition coefficient (Wildman–Crippen LogP) is 4.47. The van der Waals surface area contributed by atoms with Crippen LogP contribution in [0.3, 0.4) is 0 Å². The lowest BCUT2D eigenvalue weighted by Crippen LogP contribution is -2.02. The van der Waals surface area contributed by atoms with E-state index in [1.165, 1.54) is 11.0 Å². The van der Waals surface area contributed by atoms with Crippen LogP contribution in [-0.2, 0) is 6.54 Å². The van der Waals surface area contributed by atoms with Gasteiger partial charge >= 0.3 is 0 Å². The van der Waals surface area contributed by atoms with Gasteiger partial charge in [-0.15, -0.1) is 11.8 Å². The Kier molecular flexibility index (Phi) is 4.26. The highest BCUT2D eigenvalue weighted by molar-refractivity contribution is 7.98. The lowest BCUT2D eigenvalue weighted by atomic mass is 10.1. The van der Waals surface area contributed by atoms with Gasteiger partial charge in [0.1, 0.15) is 5.82 Å². The molecule has 18 heavy (non-hydrogen) atoms. The van der Waals surface area contributed by atoms with Gasteiger partial charge in [0, 0.05) is 17.1 Å². The number of rotatable bonds is 4. The highest BCUT2D eigenvalue weighted by Gasteiger charge is 2.02. The number of halogens is 1. The maximum atomic E-state index is 13.0. The lowest BCUT2D eigenvalue weighted by Gasteiger charge is -2.12. The third-order valence-corrected chi connectivity index (χ3v) is 3.68. The minimum atomic E-state index is -0.180. The van der Waals surface area contributed by atoms with Gasteiger partial charge in [0.05, 0.1) is 0 Å². The van der Waals surface area contributed by atoms with Crippen LogP contribution in [0.2, 0.25) is 0 Å². The number of aryl methyl sites for hydroxylation is 1. The molecule has 0 saturated carbocycles. The van der Waals surface area contributed by atoms with Crippen LogP contribution in [-0.4, -0.2) is 6.26 Å². The Bertz CT molecular complexity index is 540. The topological polar surface area (TPSA) is 12.0 Å². The van der Waals surface area contributed by atoms with E-state index >= 15 is 0 Å². The van der Waals surface area contributed by atoms with E-state index in [2.05, 4.69) is 23.7 Å². The van der Waals surface area contributed by atoms with Gasteiger partial charge in [-0.25, -0.2) is 4.39 Å². The minimum Gasteiger partial charge on any atom is -0.380 e. The fourth-order valence-electron chi connectivity index (χ4n) is 1.84. The fraction of sp³-hybridized carbons (Fsp3) is 0.200. The molecule has 0 bridgehead atoms. The molecule has 3 heteroatoms. The van der Waals surface area contributed by atoms with Crippen molar-refractivity contribution in [1.29, 1.82) is 0 Å². The largest absolute Gasteiger partial charge is 0.380 e. The number of anilines is 1. The average Bonchev–Trinajstić information content (AvgIpc) is 2.38. The van der Waals surface area contributed by atoms with Crippen LogP contribution in [0.5, 0.6) is 0 Å². The normalized spacial score (nSPS) is 10.4. The Morgan fingerprint density at radius 2 is 1.94 bits per heavy atom. The van der Waals surface area contributed by atoms with E-state index in [0.29, 0.717) is 6.54 Å². The summed E-state index contributed by atoms with van der Waals surface area (Å²) in [5.41, 5.74) is 3.21. The molecule has 0 spiro atoms. The maximum absolute atomic E-state index is 13.0. The summed E-state index contributed by atoms with van der Waals surface area (Å²) in [5.74, 6) is -0.180. The van der Waals surface area contributed by atoms with Gasteiger partial charge in [-0.3, -0.25) is 0 Å². The smallest absolute Gasteiger partial charge is 0.123 e. The molecule has 2 rings (SSSR count). The molecule has 0 radical (unpaired) electrons. The first kappa shape index (κ1) is 13.0. The quantitative estimate of drug-likeness (QED) is 0.815. The van der Waals surface area contributed by atoms with E-state index in [-0.39, 0.29) is 5.82 Å². The van der Waals surface area contributed by atoms with E-state index < -0.39 is 0 Å². The summed E-state index contributed by atoms with van der Waals surface area (Å²) >= 11 is 1.71. The van der Waals surface area contributed by atoms with Gasteiger partial charge in [-0.05, 0) is 48.6 Å². The molecule has 0 aliphatic rings. The van der Waals surface area contributed by atoms with Gasteiger partial charge in [-0.2, -0.15) is 0 Å². The first-order valence-electron chi connectivity index (χ1n) is 5.82. The van der Waals surface area contributed by atoms with Crippen LogP contribution in [0.25, 0.3) is 0 Å². The van der Waals surface area contributed by atoms with Gasteiger partial charge in [0.25, 0.3) is 0 Å². The first-order valence-corrected chi connectivity index (χ1v) is 7.05. The van der Waals surface area contributed by atoms with Crippen molar-refractivity contribution in [3.63, 3.8) is 0 Å². The summed E-state index contributed by atoms with van der Waals surface area (Å²) in [4.78, 5) is 1.22. The molecule has 0 atom stereocenters. The standard InChI is InChI=1S/C15H16FNS/c1-11-9-13(16)8-7-12(11)10-17-14-5-3-4-6-15(14)18-2/h3-9,17H,10H2,1-2H3. The lowest BCUT2D eigenvalue weighted by molar-refractivity contribution is 0.625. The summed E-state index contributed by atoms with van der Waals surface area (Å²) in [5, 5.41) is 3.40. The third kappa shape index (κ3) is 3.05. The summed E-state index contributed by atoms with van der Waals surface area (Å²) in [6.07, 6.45) is 2.06. The Balaban J connectivity index is 2.11. The second-order valence-electron chi connectivity index (χ2n) is 4.12. The molecule has 0 saturated heterocycles. The molecule has 2 aromatic rings. The van der Waals surface area contributed by atoms with Gasteiger partial charge in [0.15, 0.2) is 0 Å². The van der Waals surface area contributed by atoms with Gasteiger partial charge in [0.2, 0.25) is 0 Å². The number of thioether (sulfide) groups is 1. The summed E-state index contributed by atoms with van der Waals surface area (Å²) in [6, 6.07) is 13.1. The van der Waals surface area contributed by atoms with E-state index in [1.807, 2.05) is 25.1 Å². The van der Waals surface area contributed by atoms with Crippen molar-refractivity contribution in [2.45, 2.75) is 18.4 Å². The van der Waals surface area contributed by atoms with Crippen molar-refractivity contribution in [3.8, 4) is 0 Å². The van der Waals surface area contributed by atoms with Crippen LogP contribution >= 0.6 is 11.8 Å². The van der Waals surface area contributed by atoms with Crippen molar-refractivity contribution < 1.29 is 4.39 Å². The predicted molar refractivity (Wildman–Crippen MR) is 76.7 cm³/mol. The number of hydrogen-bond acceptors (Lipinski definition) is 2. The highest BCUT2D eigenvalue weighted by atomic mass is 32.2. The van der Waals surface area contributed by atoms with Crippen molar-refractivity contribution in [2.24, 2.45) is 0 Å². The maximum Gasteiger partial charge on any atom is 0.123 e. The van der Waals surface area contributed by atoms with Crippen molar-refractivity contribution >= 4 is 17.4 Å². The fourth-order valence-corrected chi connectivity index (χ4v) is 2.41. The van der Waals surface area contributed by atoms with Crippen LogP contribution in [0, 0.1) is 12.7 Å². The van der Waals surface area contributed by atoms with Crippen LogP contribution in [0.1, 0.15) is 11.1 Å². The second kappa shape index (κ2) is 5.91. The number of nitrogens with one attached hydrogen (secondary N) is 1. The number of benzene rings is 2. The molecule has 0 fully saturated rings. The molecule has 0 aliphatic heterocycles. The molecule has 94 valence electrons. The van der Waals surface area contributed by atoms with Crippen molar-refractivity contribution in [3.05, 3.63) is 59.4 Å². The van der Waals surface area contributed by atoms with Crippen LogP contribution in [0.4, 0.5) is 10.1 Å². The molecule has 1 nitrogen and oxygen atoms in total. The van der Waals surface area contributed by atoms with E-state index in [1.54, 1.807) is 17.8 Å². The molecular formula is C15H16FNS. The Labute approximate surface area is 111 Å². The van der Waals surface area contributed by atoms with Crippen LogP contribution in [0.15, 0.2) is 47.4 Å². The number of hydrogen-bond donors (Lipinski definition) is 1. The molecule has 0 aromatic heterocycles. The Morgan fingerprint density at radius 3 is 2.67 bits per heavy atom. The summed E-state index contributed by atoms with van der Waals surface area (Å²) < 4.78 is 13.0. The minimum absolute atomic E-state index is 0.180. The van der Waals surface area contributed by atoms with Crippen molar-refractivity contribution in [2.75, 3.05) is 11.6 Å². The van der Waals surface area contributed by atoms with E-state index in [4.69, 9.17) is 0 Å². The van der Waals surface area contributed by atoms with Crippen LogP contribution < -0.4 is 5.32 Å². The number of para-hydroxylation sites is 1. The molecular weight excluding hydrogens is 245 g/mol. The van der Waals surface area contributed by atoms with E-state index in [0.717, 1.165) is 16.8 Å². The zero-order valence-corrected chi connectivity index (χ0v) is 11.4. The monoisotopic (exact) mass is 261 g/mol. The van der Waals surface area contributed by atoms with Crippen molar-refractivity contribution in [1.82, 2.24) is 0 Å². The zero-order chi connectivity index (χ0) is 13.0. The Morgan fingerprint density at radius 1 is 1.17 bits per heavy atom. The third-order valence-electron chi connectivity index (χ3n) is 2.88. The highest BCUT2D eigenvalue weighted by Crippen LogP contribution is 2.25. The molecule has 0 aliphatic carbocycles. The molecule has 0 unspecified atom stereocenters. The molecule has 2 aromatic carbocycles. The summed E-state index contributed by atoms with van der Waals surface area (Å²) in [7, 11) is 0. The Hall–Kier alpha value is -1.48. The van der Waals surface area contributed by atoms with Gasteiger partial charge in [-0.1, -0.05) is 18.2 Å². The molecule has 1 N–H and O–H groups in total.